The number of hydrogen-bond donors (Lipinski definition) is 3. The van der Waals surface area contributed by atoms with E-state index in [1.807, 2.05) is 19.9 Å². The molecule has 0 bridgehead atoms. The first-order valence-corrected chi connectivity index (χ1v) is 9.26. The van der Waals surface area contributed by atoms with Crippen molar-refractivity contribution in [1.82, 2.24) is 15.0 Å². The number of pyridine rings is 1. The van der Waals surface area contributed by atoms with Crippen LogP contribution in [0.3, 0.4) is 0 Å². The van der Waals surface area contributed by atoms with E-state index in [0.717, 1.165) is 22.6 Å². The molecule has 4 heterocycles. The SMILES string of the molecule is Cc1ncc(C=C2C(=O)Nc3c(F)cc(-c4cnc5c(c4C)NCCO5)cc32)[nH]1. The summed E-state index contributed by atoms with van der Waals surface area (Å²) in [7, 11) is 0. The Balaban J connectivity index is 1.65. The van der Waals surface area contributed by atoms with Crippen molar-refractivity contribution in [2.75, 3.05) is 23.8 Å². The number of aryl methyl sites for hydroxylation is 1. The average Bonchev–Trinajstić information content (AvgIpc) is 3.26. The van der Waals surface area contributed by atoms with Gasteiger partial charge in [0.2, 0.25) is 5.88 Å². The number of carbonyl (C=O) groups excluding carboxylic acids is 1. The molecule has 0 radical (unpaired) electrons. The van der Waals surface area contributed by atoms with Crippen LogP contribution in [0, 0.1) is 19.7 Å². The standard InChI is InChI=1S/C21H18FN5O2/c1-10-16(9-25-21-18(10)23-3-4-29-21)12-5-14-15(7-13-8-24-11(2)26-13)20(28)27-19(14)17(22)6-12/h5-9,23H,3-4H2,1-2H3,(H,24,26)(H,27,28). The first-order chi connectivity index (χ1) is 14.0. The molecular weight excluding hydrogens is 373 g/mol. The highest BCUT2D eigenvalue weighted by atomic mass is 19.1. The van der Waals surface area contributed by atoms with Gasteiger partial charge in [-0.15, -0.1) is 0 Å². The number of halogens is 1. The highest BCUT2D eigenvalue weighted by Gasteiger charge is 2.29. The predicted octanol–water partition coefficient (Wildman–Crippen LogP) is 3.52. The number of hydrogen-bond acceptors (Lipinski definition) is 5. The highest BCUT2D eigenvalue weighted by molar-refractivity contribution is 6.35. The van der Waals surface area contributed by atoms with E-state index < -0.39 is 5.82 Å². The number of benzene rings is 1. The Morgan fingerprint density at radius 1 is 1.14 bits per heavy atom. The van der Waals surface area contributed by atoms with Gasteiger partial charge < -0.3 is 20.4 Å². The second kappa shape index (κ2) is 6.44. The fraction of sp³-hybridized carbons (Fsp3) is 0.190. The fourth-order valence-electron chi connectivity index (χ4n) is 3.73. The molecule has 0 saturated carbocycles. The van der Waals surface area contributed by atoms with Gasteiger partial charge in [0.05, 0.1) is 23.2 Å². The van der Waals surface area contributed by atoms with E-state index in [-0.39, 0.29) is 11.6 Å². The highest BCUT2D eigenvalue weighted by Crippen LogP contribution is 2.41. The molecule has 0 fully saturated rings. The van der Waals surface area contributed by atoms with Gasteiger partial charge in [-0.05, 0) is 43.2 Å². The van der Waals surface area contributed by atoms with Crippen molar-refractivity contribution < 1.29 is 13.9 Å². The number of nitrogens with zero attached hydrogens (tertiary/aromatic N) is 2. The summed E-state index contributed by atoms with van der Waals surface area (Å²) in [5.74, 6) is 0.446. The van der Waals surface area contributed by atoms with Gasteiger partial charge in [-0.3, -0.25) is 4.79 Å². The smallest absolute Gasteiger partial charge is 0.256 e. The minimum atomic E-state index is -0.489. The summed E-state index contributed by atoms with van der Waals surface area (Å²) in [4.78, 5) is 24.1. The van der Waals surface area contributed by atoms with Gasteiger partial charge in [0.15, 0.2) is 0 Å². The van der Waals surface area contributed by atoms with Crippen LogP contribution in [0.2, 0.25) is 0 Å². The second-order valence-corrected chi connectivity index (χ2v) is 7.07. The Kier molecular flexibility index (Phi) is 3.87. The Morgan fingerprint density at radius 3 is 2.79 bits per heavy atom. The molecule has 2 aliphatic rings. The van der Waals surface area contributed by atoms with Gasteiger partial charge in [-0.2, -0.15) is 0 Å². The van der Waals surface area contributed by atoms with Gasteiger partial charge in [0.25, 0.3) is 5.91 Å². The molecule has 0 saturated heterocycles. The number of nitrogens with one attached hydrogen (secondary N) is 3. The number of aromatic nitrogens is 3. The third kappa shape index (κ3) is 2.84. The van der Waals surface area contributed by atoms with E-state index in [1.165, 1.54) is 6.07 Å². The molecule has 0 aliphatic carbocycles. The lowest BCUT2D eigenvalue weighted by Gasteiger charge is -2.21. The molecule has 2 aromatic heterocycles. The van der Waals surface area contributed by atoms with E-state index in [4.69, 9.17) is 4.74 Å². The van der Waals surface area contributed by atoms with Gasteiger partial charge in [0.1, 0.15) is 23.9 Å². The molecule has 2 aliphatic heterocycles. The van der Waals surface area contributed by atoms with E-state index in [1.54, 1.807) is 18.5 Å². The lowest BCUT2D eigenvalue weighted by Crippen LogP contribution is -2.20. The third-order valence-corrected chi connectivity index (χ3v) is 5.14. The summed E-state index contributed by atoms with van der Waals surface area (Å²) < 4.78 is 20.4. The maximum atomic E-state index is 14.9. The normalized spacial score (nSPS) is 16.1. The molecule has 146 valence electrons. The summed E-state index contributed by atoms with van der Waals surface area (Å²) in [6, 6.07) is 3.23. The molecule has 8 heteroatoms. The number of carbonyl (C=O) groups is 1. The van der Waals surface area contributed by atoms with Gasteiger partial charge in [-0.1, -0.05) is 0 Å². The van der Waals surface area contributed by atoms with Crippen molar-refractivity contribution in [2.45, 2.75) is 13.8 Å². The zero-order valence-corrected chi connectivity index (χ0v) is 15.9. The van der Waals surface area contributed by atoms with Gasteiger partial charge >= 0.3 is 0 Å². The van der Waals surface area contributed by atoms with E-state index >= 15 is 0 Å². The van der Waals surface area contributed by atoms with E-state index in [0.29, 0.717) is 41.4 Å². The van der Waals surface area contributed by atoms with Gasteiger partial charge in [0, 0.05) is 23.9 Å². The number of fused-ring (bicyclic) bond motifs is 2. The number of ether oxygens (including phenoxy) is 1. The first-order valence-electron chi connectivity index (χ1n) is 9.26. The van der Waals surface area contributed by atoms with Crippen LogP contribution in [0.15, 0.2) is 24.5 Å². The molecule has 0 unspecified atom stereocenters. The number of aromatic amines is 1. The predicted molar refractivity (Wildman–Crippen MR) is 108 cm³/mol. The number of H-pyrrole nitrogens is 1. The number of rotatable bonds is 2. The molecule has 29 heavy (non-hydrogen) atoms. The van der Waals surface area contributed by atoms with Crippen LogP contribution in [0.4, 0.5) is 15.8 Å². The molecule has 0 atom stereocenters. The van der Waals surface area contributed by atoms with Gasteiger partial charge in [-0.25, -0.2) is 14.4 Å². The van der Waals surface area contributed by atoms with Crippen LogP contribution in [0.25, 0.3) is 22.8 Å². The maximum Gasteiger partial charge on any atom is 0.256 e. The van der Waals surface area contributed by atoms with Crippen LogP contribution in [0.5, 0.6) is 5.88 Å². The van der Waals surface area contributed by atoms with Crippen LogP contribution in [0.1, 0.15) is 22.6 Å². The molecule has 1 aromatic carbocycles. The second-order valence-electron chi connectivity index (χ2n) is 7.07. The van der Waals surface area contributed by atoms with Crippen molar-refractivity contribution in [1.29, 1.82) is 0 Å². The lowest BCUT2D eigenvalue weighted by molar-refractivity contribution is -0.110. The Labute approximate surface area is 166 Å². The summed E-state index contributed by atoms with van der Waals surface area (Å²) in [6.07, 6.45) is 4.99. The molecule has 3 aromatic rings. The Hall–Kier alpha value is -3.68. The average molecular weight is 391 g/mol. The summed E-state index contributed by atoms with van der Waals surface area (Å²) in [6.45, 7) is 5.01. The fourth-order valence-corrected chi connectivity index (χ4v) is 3.73. The summed E-state index contributed by atoms with van der Waals surface area (Å²) in [5, 5.41) is 5.91. The first kappa shape index (κ1) is 17.4. The van der Waals surface area contributed by atoms with E-state index in [9.17, 15) is 9.18 Å². The van der Waals surface area contributed by atoms with Crippen molar-refractivity contribution in [2.24, 2.45) is 0 Å². The molecule has 7 nitrogen and oxygen atoms in total. The number of anilines is 2. The quantitative estimate of drug-likeness (QED) is 0.582. The molecular formula is C21H18FN5O2. The van der Waals surface area contributed by atoms with Crippen LogP contribution in [-0.4, -0.2) is 34.0 Å². The number of amides is 1. The lowest BCUT2D eigenvalue weighted by atomic mass is 9.96. The Morgan fingerprint density at radius 2 is 2.00 bits per heavy atom. The molecule has 1 amide bonds. The van der Waals surface area contributed by atoms with Crippen molar-refractivity contribution >= 4 is 28.9 Å². The summed E-state index contributed by atoms with van der Waals surface area (Å²) in [5.41, 5.74) is 4.91. The molecule has 0 spiro atoms. The van der Waals surface area contributed by atoms with Crippen molar-refractivity contribution in [3.05, 3.63) is 53.0 Å². The summed E-state index contributed by atoms with van der Waals surface area (Å²) >= 11 is 0. The van der Waals surface area contributed by atoms with Crippen molar-refractivity contribution in [3.8, 4) is 17.0 Å². The topological polar surface area (TPSA) is 91.9 Å². The molecule has 3 N–H and O–H groups in total. The van der Waals surface area contributed by atoms with Crippen LogP contribution >= 0.6 is 0 Å². The zero-order valence-electron chi connectivity index (χ0n) is 15.9. The largest absolute Gasteiger partial charge is 0.474 e. The van der Waals surface area contributed by atoms with E-state index in [2.05, 4.69) is 25.6 Å². The number of imidazole rings is 1. The molecule has 5 rings (SSSR count). The van der Waals surface area contributed by atoms with Crippen LogP contribution in [-0.2, 0) is 4.79 Å². The van der Waals surface area contributed by atoms with Crippen molar-refractivity contribution in [3.63, 3.8) is 0 Å². The maximum absolute atomic E-state index is 14.9. The minimum absolute atomic E-state index is 0.186. The van der Waals surface area contributed by atoms with Crippen LogP contribution < -0.4 is 15.4 Å². The zero-order chi connectivity index (χ0) is 20.1. The third-order valence-electron chi connectivity index (χ3n) is 5.14. The Bertz CT molecular complexity index is 1200. The minimum Gasteiger partial charge on any atom is -0.474 e. The monoisotopic (exact) mass is 391 g/mol.